The molecule has 7 heteroatoms. The molecule has 0 spiro atoms. The first-order chi connectivity index (χ1) is 10.7. The van der Waals surface area contributed by atoms with Gasteiger partial charge in [0.05, 0.1) is 13.7 Å². The van der Waals surface area contributed by atoms with Crippen LogP contribution in [0.15, 0.2) is 12.3 Å². The van der Waals surface area contributed by atoms with E-state index in [9.17, 15) is 14.4 Å². The molecular weight excluding hydrogens is 300 g/mol. The quantitative estimate of drug-likeness (QED) is 0.684. The summed E-state index contributed by atoms with van der Waals surface area (Å²) < 4.78 is 10.5. The molecule has 23 heavy (non-hydrogen) atoms. The van der Waals surface area contributed by atoms with Gasteiger partial charge in [-0.3, -0.25) is 14.6 Å². The molecule has 2 amide bonds. The number of hydrogen-bond donors (Lipinski definition) is 0. The molecule has 3 unspecified atom stereocenters. The lowest BCUT2D eigenvalue weighted by Crippen LogP contribution is -2.56. The molecule has 7 nitrogen and oxygen atoms in total. The lowest BCUT2D eigenvalue weighted by Gasteiger charge is -2.39. The largest absolute Gasteiger partial charge is 0.467 e. The molecular formula is C16H24N2O5. The molecule has 0 aromatic carbocycles. The summed E-state index contributed by atoms with van der Waals surface area (Å²) in [7, 11) is 1.29. The fourth-order valence-corrected chi connectivity index (χ4v) is 2.88. The maximum atomic E-state index is 13.0. The van der Waals surface area contributed by atoms with Crippen LogP contribution in [-0.4, -0.2) is 59.6 Å². The third-order valence-electron chi connectivity index (χ3n) is 4.05. The monoisotopic (exact) mass is 324 g/mol. The zero-order chi connectivity index (χ0) is 17.4. The summed E-state index contributed by atoms with van der Waals surface area (Å²) in [5, 5.41) is 0. The first-order valence-corrected chi connectivity index (χ1v) is 7.68. The van der Waals surface area contributed by atoms with Gasteiger partial charge < -0.3 is 9.47 Å². The van der Waals surface area contributed by atoms with Crippen molar-refractivity contribution < 1.29 is 23.9 Å². The van der Waals surface area contributed by atoms with Crippen molar-refractivity contribution in [3.63, 3.8) is 0 Å². The smallest absolute Gasteiger partial charge is 0.331 e. The Morgan fingerprint density at radius 2 is 2.00 bits per heavy atom. The van der Waals surface area contributed by atoms with Crippen LogP contribution in [0.2, 0.25) is 0 Å². The second-order valence-corrected chi connectivity index (χ2v) is 7.02. The summed E-state index contributed by atoms with van der Waals surface area (Å²) in [6.07, 6.45) is 2.58. The van der Waals surface area contributed by atoms with Crippen molar-refractivity contribution in [2.75, 3.05) is 13.7 Å². The molecule has 0 bridgehead atoms. The average Bonchev–Trinajstić information content (AvgIpc) is 2.90. The van der Waals surface area contributed by atoms with Crippen LogP contribution < -0.4 is 0 Å². The Balaban J connectivity index is 2.33. The van der Waals surface area contributed by atoms with E-state index in [2.05, 4.69) is 0 Å². The van der Waals surface area contributed by atoms with Gasteiger partial charge in [-0.2, -0.15) is 0 Å². The van der Waals surface area contributed by atoms with E-state index in [0.717, 1.165) is 0 Å². The van der Waals surface area contributed by atoms with Crippen molar-refractivity contribution in [1.29, 1.82) is 0 Å². The number of nitrogens with zero attached hydrogens (tertiary/aromatic N) is 2. The van der Waals surface area contributed by atoms with Crippen molar-refractivity contribution in [2.24, 2.45) is 5.41 Å². The van der Waals surface area contributed by atoms with Crippen molar-refractivity contribution in [2.45, 2.75) is 52.4 Å². The summed E-state index contributed by atoms with van der Waals surface area (Å²) in [6, 6.07) is -1.40. The maximum Gasteiger partial charge on any atom is 0.331 e. The van der Waals surface area contributed by atoms with Gasteiger partial charge in [-0.15, -0.1) is 0 Å². The topological polar surface area (TPSA) is 76.2 Å². The van der Waals surface area contributed by atoms with E-state index in [1.54, 1.807) is 6.92 Å². The number of urea groups is 1. The van der Waals surface area contributed by atoms with Gasteiger partial charge in [0.25, 0.3) is 0 Å². The Bertz CT molecular complexity index is 537. The van der Waals surface area contributed by atoms with E-state index in [0.29, 0.717) is 0 Å². The Morgan fingerprint density at radius 3 is 2.52 bits per heavy atom. The second kappa shape index (κ2) is 6.31. The van der Waals surface area contributed by atoms with Gasteiger partial charge in [0.15, 0.2) is 11.8 Å². The van der Waals surface area contributed by atoms with Gasteiger partial charge in [-0.1, -0.05) is 20.8 Å². The second-order valence-electron chi connectivity index (χ2n) is 7.02. The minimum atomic E-state index is -0.782. The number of ketones is 1. The lowest BCUT2D eigenvalue weighted by atomic mass is 9.93. The lowest BCUT2D eigenvalue weighted by molar-refractivity contribution is -0.145. The summed E-state index contributed by atoms with van der Waals surface area (Å²) >= 11 is 0. The zero-order valence-electron chi connectivity index (χ0n) is 14.2. The van der Waals surface area contributed by atoms with E-state index < -0.39 is 18.2 Å². The Hall–Kier alpha value is -1.89. The summed E-state index contributed by atoms with van der Waals surface area (Å²) in [5.74, 6) is -0.522. The fraction of sp³-hybridized carbons (Fsp3) is 0.688. The Morgan fingerprint density at radius 1 is 1.35 bits per heavy atom. The van der Waals surface area contributed by atoms with Gasteiger partial charge >= 0.3 is 12.0 Å². The minimum absolute atomic E-state index is 0.0175. The number of methoxy groups -OCH3 is 1. The molecule has 2 heterocycles. The summed E-state index contributed by atoms with van der Waals surface area (Å²) in [5.41, 5.74) is -0.364. The van der Waals surface area contributed by atoms with E-state index >= 15 is 0 Å². The molecule has 1 fully saturated rings. The van der Waals surface area contributed by atoms with Crippen LogP contribution in [0.25, 0.3) is 0 Å². The molecule has 0 aliphatic carbocycles. The highest BCUT2D eigenvalue weighted by atomic mass is 16.5. The number of hydrogen-bond acceptors (Lipinski definition) is 5. The number of carbonyl (C=O) groups is 3. The number of carbonyl (C=O) groups excluding carboxylic acids is 3. The fourth-order valence-electron chi connectivity index (χ4n) is 2.88. The van der Waals surface area contributed by atoms with Crippen LogP contribution in [0.4, 0.5) is 4.79 Å². The van der Waals surface area contributed by atoms with Crippen molar-refractivity contribution >= 4 is 17.8 Å². The molecule has 0 N–H and O–H groups in total. The molecule has 128 valence electrons. The summed E-state index contributed by atoms with van der Waals surface area (Å²) in [6.45, 7) is 7.73. The zero-order valence-corrected chi connectivity index (χ0v) is 14.2. The molecule has 0 aromatic heterocycles. The number of ether oxygens (including phenoxy) is 2. The number of rotatable bonds is 1. The Kier molecular flexibility index (Phi) is 4.79. The maximum absolute atomic E-state index is 13.0. The third kappa shape index (κ3) is 3.39. The molecule has 1 saturated heterocycles. The van der Waals surface area contributed by atoms with Crippen LogP contribution in [0.1, 0.15) is 34.1 Å². The molecule has 3 atom stereocenters. The number of esters is 1. The predicted octanol–water partition coefficient (Wildman–Crippen LogP) is 1.53. The summed E-state index contributed by atoms with van der Waals surface area (Å²) in [4.78, 5) is 39.4. The standard InChI is InChI=1S/C16H24N2O5/c1-10-8-11(19)6-7-17(10)15(21)18-12(13(20)22-5)9-23-14(18)16(2,3)4/h6-7,10,12,14H,8-9H2,1-5H3. The highest BCUT2D eigenvalue weighted by molar-refractivity contribution is 5.93. The van der Waals surface area contributed by atoms with Crippen LogP contribution >= 0.6 is 0 Å². The highest BCUT2D eigenvalue weighted by Gasteiger charge is 2.49. The molecule has 0 saturated carbocycles. The van der Waals surface area contributed by atoms with Gasteiger partial charge in [-0.05, 0) is 13.0 Å². The first kappa shape index (κ1) is 17.5. The normalized spacial score (nSPS) is 28.2. The van der Waals surface area contributed by atoms with Crippen molar-refractivity contribution in [3.05, 3.63) is 12.3 Å². The van der Waals surface area contributed by atoms with E-state index in [4.69, 9.17) is 9.47 Å². The van der Waals surface area contributed by atoms with Crippen molar-refractivity contribution in [3.8, 4) is 0 Å². The number of allylic oxidation sites excluding steroid dienone is 1. The van der Waals surface area contributed by atoms with Gasteiger partial charge in [0.1, 0.15) is 6.23 Å². The molecule has 0 aromatic rings. The van der Waals surface area contributed by atoms with Crippen LogP contribution in [0.5, 0.6) is 0 Å². The first-order valence-electron chi connectivity index (χ1n) is 7.68. The van der Waals surface area contributed by atoms with E-state index in [1.807, 2.05) is 20.8 Å². The molecule has 2 rings (SSSR count). The van der Waals surface area contributed by atoms with Crippen LogP contribution in [-0.2, 0) is 19.1 Å². The predicted molar refractivity (Wildman–Crippen MR) is 82.3 cm³/mol. The van der Waals surface area contributed by atoms with E-state index in [-0.39, 0.29) is 36.3 Å². The van der Waals surface area contributed by atoms with Crippen molar-refractivity contribution in [1.82, 2.24) is 9.80 Å². The van der Waals surface area contributed by atoms with Gasteiger partial charge in [0, 0.05) is 24.1 Å². The van der Waals surface area contributed by atoms with Gasteiger partial charge in [-0.25, -0.2) is 9.59 Å². The van der Waals surface area contributed by atoms with Crippen LogP contribution in [0, 0.1) is 5.41 Å². The Labute approximate surface area is 136 Å². The number of amides is 2. The highest BCUT2D eigenvalue weighted by Crippen LogP contribution is 2.33. The van der Waals surface area contributed by atoms with Gasteiger partial charge in [0.2, 0.25) is 0 Å². The average molecular weight is 324 g/mol. The molecule has 2 aliphatic rings. The van der Waals surface area contributed by atoms with Crippen LogP contribution in [0.3, 0.4) is 0 Å². The molecule has 0 radical (unpaired) electrons. The third-order valence-corrected chi connectivity index (χ3v) is 4.05. The molecule has 2 aliphatic heterocycles. The minimum Gasteiger partial charge on any atom is -0.467 e. The van der Waals surface area contributed by atoms with E-state index in [1.165, 1.54) is 29.2 Å². The SMILES string of the molecule is COC(=O)C1COC(C(C)(C)C)N1C(=O)N1C=CC(=O)CC1C.